The lowest BCUT2D eigenvalue weighted by molar-refractivity contribution is 0.380. The Morgan fingerprint density at radius 3 is 1.24 bits per heavy atom. The summed E-state index contributed by atoms with van der Waals surface area (Å²) in [6.07, 6.45) is 5.17. The first-order valence-corrected chi connectivity index (χ1v) is 12.6. The molecule has 1 aliphatic heterocycles. The zero-order chi connectivity index (χ0) is 20.2. The van der Waals surface area contributed by atoms with Crippen molar-refractivity contribution in [3.63, 3.8) is 0 Å². The van der Waals surface area contributed by atoms with Crippen LogP contribution in [0.2, 0.25) is 0 Å². The number of benzene rings is 6. The Bertz CT molecular complexity index is 2200. The Morgan fingerprint density at radius 2 is 0.758 bits per heavy atom. The third-order valence-electron chi connectivity index (χ3n) is 10.6. The molecule has 8 aromatic rings. The van der Waals surface area contributed by atoms with Crippen molar-refractivity contribution in [3.8, 4) is 0 Å². The average molecular weight is 414 g/mol. The van der Waals surface area contributed by atoms with Crippen molar-refractivity contribution in [2.75, 3.05) is 0 Å². The summed E-state index contributed by atoms with van der Waals surface area (Å²) in [7, 11) is 0. The van der Waals surface area contributed by atoms with Gasteiger partial charge >= 0.3 is 0 Å². The number of epoxide rings is 1. The first-order valence-electron chi connectivity index (χ1n) is 12.6. The number of rotatable bonds is 0. The summed E-state index contributed by atoms with van der Waals surface area (Å²) in [5, 5.41) is 22.4. The van der Waals surface area contributed by atoms with Gasteiger partial charge in [-0.15, -0.1) is 0 Å². The summed E-state index contributed by atoms with van der Waals surface area (Å²) in [4.78, 5) is 0. The molecule has 13 rings (SSSR count). The smallest absolute Gasteiger partial charge is 0.114 e. The van der Waals surface area contributed by atoms with Gasteiger partial charge < -0.3 is 4.74 Å². The van der Waals surface area contributed by atoms with Crippen molar-refractivity contribution in [3.05, 3.63) is 68.8 Å². The Labute approximate surface area is 186 Å². The van der Waals surface area contributed by atoms with Gasteiger partial charge in [0.15, 0.2) is 0 Å². The topological polar surface area (TPSA) is 12.5 Å². The van der Waals surface area contributed by atoms with Gasteiger partial charge in [-0.3, -0.25) is 0 Å². The molecule has 8 aromatic carbocycles. The fourth-order valence-electron chi connectivity index (χ4n) is 9.79. The number of ether oxygens (including phenoxy) is 1. The van der Waals surface area contributed by atoms with E-state index in [1.54, 1.807) is 109 Å². The van der Waals surface area contributed by atoms with Crippen molar-refractivity contribution in [2.45, 2.75) is 37.9 Å². The van der Waals surface area contributed by atoms with Crippen LogP contribution in [0.1, 0.15) is 56.7 Å². The Kier molecular flexibility index (Phi) is 1.53. The molecule has 0 saturated carbocycles. The quantitative estimate of drug-likeness (QED) is 0.184. The summed E-state index contributed by atoms with van der Waals surface area (Å²) in [6, 6.07) is 10.3. The number of aryl methyl sites for hydroxylation is 2. The van der Waals surface area contributed by atoms with E-state index in [9.17, 15) is 0 Å². The minimum absolute atomic E-state index is 0.280. The predicted molar refractivity (Wildman–Crippen MR) is 133 cm³/mol. The normalized spacial score (nSPS) is 23.2. The third-order valence-corrected chi connectivity index (χ3v) is 10.6. The molecule has 1 saturated heterocycles. The van der Waals surface area contributed by atoms with E-state index in [-0.39, 0.29) is 12.2 Å². The second-order valence-corrected chi connectivity index (χ2v) is 11.7. The molecule has 2 unspecified atom stereocenters. The van der Waals surface area contributed by atoms with Gasteiger partial charge in [-0.1, -0.05) is 24.3 Å². The number of hydrogen-bond donors (Lipinski definition) is 0. The molecule has 4 aliphatic carbocycles. The van der Waals surface area contributed by atoms with Crippen LogP contribution >= 0.6 is 0 Å². The summed E-state index contributed by atoms with van der Waals surface area (Å²) in [5.41, 5.74) is 12.5. The van der Waals surface area contributed by atoms with Crippen LogP contribution < -0.4 is 0 Å². The molecular weight excluding hydrogens is 400 g/mol. The maximum Gasteiger partial charge on any atom is 0.114 e. The fourth-order valence-corrected chi connectivity index (χ4v) is 9.79. The highest BCUT2D eigenvalue weighted by Crippen LogP contribution is 2.67. The third kappa shape index (κ3) is 1.04. The highest BCUT2D eigenvalue weighted by atomic mass is 16.6. The summed E-state index contributed by atoms with van der Waals surface area (Å²) >= 11 is 0. The highest BCUT2D eigenvalue weighted by molar-refractivity contribution is 6.56. The summed E-state index contributed by atoms with van der Waals surface area (Å²) in [5.74, 6) is 0. The first-order chi connectivity index (χ1) is 16.4. The highest BCUT2D eigenvalue weighted by Gasteiger charge is 2.50. The Morgan fingerprint density at radius 1 is 0.394 bits per heavy atom. The van der Waals surface area contributed by atoms with E-state index in [2.05, 4.69) is 24.3 Å². The van der Waals surface area contributed by atoms with Gasteiger partial charge in [-0.05, 0) is 146 Å². The van der Waals surface area contributed by atoms with E-state index in [4.69, 9.17) is 4.74 Å². The summed E-state index contributed by atoms with van der Waals surface area (Å²) in [6.45, 7) is 0. The molecule has 0 radical (unpaired) electrons. The van der Waals surface area contributed by atoms with Crippen molar-refractivity contribution in [1.82, 2.24) is 0 Å². The van der Waals surface area contributed by atoms with Crippen LogP contribution in [0.4, 0.5) is 0 Å². The zero-order valence-electron chi connectivity index (χ0n) is 17.7. The SMILES string of the molecule is c1c2c3c4c(cc5c6c7c(cc8c9c%10c(cc%11c%12c(c1C%11)c3c(c46)c(c%12%10)c79)C1OC81)C5)CC2. The van der Waals surface area contributed by atoms with Crippen molar-refractivity contribution >= 4 is 75.4 Å². The van der Waals surface area contributed by atoms with Crippen molar-refractivity contribution in [2.24, 2.45) is 0 Å². The van der Waals surface area contributed by atoms with Crippen molar-refractivity contribution in [1.29, 1.82) is 0 Å². The van der Waals surface area contributed by atoms with Gasteiger partial charge in [0.2, 0.25) is 0 Å². The lowest BCUT2D eigenvalue weighted by Gasteiger charge is -2.16. The number of fused-ring (bicyclic) bond motifs is 3. The monoisotopic (exact) mass is 414 g/mol. The molecule has 33 heavy (non-hydrogen) atoms. The van der Waals surface area contributed by atoms with Crippen LogP contribution in [0.3, 0.4) is 0 Å². The van der Waals surface area contributed by atoms with E-state index >= 15 is 0 Å². The molecule has 148 valence electrons. The molecule has 0 bridgehead atoms. The van der Waals surface area contributed by atoms with Gasteiger partial charge in [0.1, 0.15) is 12.2 Å². The first kappa shape index (κ1) is 14.0. The molecule has 0 aromatic heterocycles. The molecule has 1 heterocycles. The van der Waals surface area contributed by atoms with Gasteiger partial charge in [0.25, 0.3) is 0 Å². The Hall–Kier alpha value is -3.42. The molecule has 0 N–H and O–H groups in total. The van der Waals surface area contributed by atoms with Gasteiger partial charge in [0, 0.05) is 0 Å². The maximum atomic E-state index is 6.39. The maximum absolute atomic E-state index is 6.39. The molecule has 1 fully saturated rings. The average Bonchev–Trinajstić information content (AvgIpc) is 3.05. The van der Waals surface area contributed by atoms with Gasteiger partial charge in [0.05, 0.1) is 0 Å². The van der Waals surface area contributed by atoms with E-state index < -0.39 is 0 Å². The van der Waals surface area contributed by atoms with E-state index in [1.165, 1.54) is 24.0 Å². The molecule has 5 aliphatic rings. The molecule has 2 atom stereocenters. The molecular formula is C32H14O. The minimum atomic E-state index is 0.280. The summed E-state index contributed by atoms with van der Waals surface area (Å²) < 4.78 is 6.39. The Balaban J connectivity index is 1.61. The van der Waals surface area contributed by atoms with Crippen LogP contribution in [0.25, 0.3) is 75.4 Å². The van der Waals surface area contributed by atoms with Crippen LogP contribution in [-0.4, -0.2) is 0 Å². The van der Waals surface area contributed by atoms with Crippen LogP contribution in [0, 0.1) is 0 Å². The predicted octanol–water partition coefficient (Wildman–Crippen LogP) is 7.54. The van der Waals surface area contributed by atoms with Crippen LogP contribution in [-0.2, 0) is 30.4 Å². The molecule has 1 heteroatoms. The second kappa shape index (κ2) is 3.61. The van der Waals surface area contributed by atoms with E-state index in [0.717, 1.165) is 12.8 Å². The largest absolute Gasteiger partial charge is 0.359 e. The van der Waals surface area contributed by atoms with Crippen molar-refractivity contribution < 1.29 is 4.74 Å². The molecule has 0 spiro atoms. The van der Waals surface area contributed by atoms with Crippen LogP contribution in [0.5, 0.6) is 0 Å². The lowest BCUT2D eigenvalue weighted by atomic mass is 9.86. The molecule has 1 nitrogen and oxygen atoms in total. The minimum Gasteiger partial charge on any atom is -0.359 e. The van der Waals surface area contributed by atoms with Gasteiger partial charge in [-0.25, -0.2) is 0 Å². The van der Waals surface area contributed by atoms with Gasteiger partial charge in [-0.2, -0.15) is 0 Å². The van der Waals surface area contributed by atoms with Crippen LogP contribution in [0.15, 0.2) is 24.3 Å². The standard InChI is InChI=1S/C32H14O/c1-2-10-4-12-6-14-8-16-24-23-15(31-32(16)33-31)7-13-5-11-3-9(1)17-18(10)26-20(12)22(14)28(24)30-27(23)21(13)19(11)25(17)29(26)30/h3-4,7-8,31-32H,1-2,5-6H2. The fraction of sp³-hybridized carbons (Fsp3) is 0.188. The second-order valence-electron chi connectivity index (χ2n) is 11.7. The van der Waals surface area contributed by atoms with E-state index in [0.29, 0.717) is 0 Å². The van der Waals surface area contributed by atoms with E-state index in [1.807, 2.05) is 0 Å². The number of hydrogen-bond acceptors (Lipinski definition) is 1. The molecule has 0 amide bonds. The zero-order valence-corrected chi connectivity index (χ0v) is 17.7. The lowest BCUT2D eigenvalue weighted by Crippen LogP contribution is -2.00.